The van der Waals surface area contributed by atoms with E-state index in [1.165, 1.54) is 25.0 Å². The third-order valence-corrected chi connectivity index (χ3v) is 3.95. The van der Waals surface area contributed by atoms with Gasteiger partial charge in [-0.3, -0.25) is 4.79 Å². The van der Waals surface area contributed by atoms with E-state index in [0.29, 0.717) is 18.2 Å². The van der Waals surface area contributed by atoms with Crippen LogP contribution in [0.3, 0.4) is 0 Å². The van der Waals surface area contributed by atoms with Crippen molar-refractivity contribution in [2.24, 2.45) is 0 Å². The summed E-state index contributed by atoms with van der Waals surface area (Å²) in [7, 11) is 2.12. The first kappa shape index (κ1) is 14.2. The van der Waals surface area contributed by atoms with Crippen molar-refractivity contribution in [1.82, 2.24) is 10.2 Å². The molecule has 1 atom stereocenters. The number of rotatable bonds is 4. The van der Waals surface area contributed by atoms with Crippen molar-refractivity contribution in [3.05, 3.63) is 28.8 Å². The van der Waals surface area contributed by atoms with Crippen molar-refractivity contribution in [3.8, 4) is 5.75 Å². The van der Waals surface area contributed by atoms with Crippen molar-refractivity contribution >= 4 is 17.5 Å². The van der Waals surface area contributed by atoms with Crippen LogP contribution in [0, 0.1) is 0 Å². The maximum absolute atomic E-state index is 11.9. The standard InChI is InChI=1S/C14H19ClN2O2/c1-17-8-2-3-11(17)6-7-16-14(19)10-4-5-13(18)12(15)9-10/h4-5,9,11,18H,2-3,6-8H2,1H3,(H,16,19)/t11-/m1/s1. The van der Waals surface area contributed by atoms with Gasteiger partial charge in [-0.15, -0.1) is 0 Å². The Kier molecular flexibility index (Phi) is 4.66. The molecule has 0 unspecified atom stereocenters. The molecule has 0 radical (unpaired) electrons. The summed E-state index contributed by atoms with van der Waals surface area (Å²) in [6.45, 7) is 1.80. The van der Waals surface area contributed by atoms with Gasteiger partial charge in [-0.1, -0.05) is 11.6 Å². The lowest BCUT2D eigenvalue weighted by molar-refractivity contribution is 0.0950. The molecule has 1 heterocycles. The Labute approximate surface area is 118 Å². The largest absolute Gasteiger partial charge is 0.506 e. The second-order valence-corrected chi connectivity index (χ2v) is 5.39. The Morgan fingerprint density at radius 3 is 3.00 bits per heavy atom. The molecule has 1 aromatic rings. The lowest BCUT2D eigenvalue weighted by Crippen LogP contribution is -2.31. The van der Waals surface area contributed by atoms with Gasteiger partial charge in [0, 0.05) is 18.2 Å². The number of amides is 1. The number of nitrogens with zero attached hydrogens (tertiary/aromatic N) is 1. The van der Waals surface area contributed by atoms with Crippen LogP contribution < -0.4 is 5.32 Å². The molecule has 1 amide bonds. The highest BCUT2D eigenvalue weighted by atomic mass is 35.5. The van der Waals surface area contributed by atoms with Crippen molar-refractivity contribution in [2.75, 3.05) is 20.1 Å². The Morgan fingerprint density at radius 1 is 1.58 bits per heavy atom. The number of phenolic OH excluding ortho intramolecular Hbond substituents is 1. The minimum atomic E-state index is -0.150. The molecule has 0 spiro atoms. The molecular formula is C14H19ClN2O2. The first-order valence-electron chi connectivity index (χ1n) is 6.55. The number of carbonyl (C=O) groups excluding carboxylic acids is 1. The summed E-state index contributed by atoms with van der Waals surface area (Å²) in [5, 5.41) is 12.4. The average molecular weight is 283 g/mol. The van der Waals surface area contributed by atoms with Crippen molar-refractivity contribution in [2.45, 2.75) is 25.3 Å². The average Bonchev–Trinajstić information content (AvgIpc) is 2.78. The Bertz CT molecular complexity index is 465. The molecule has 0 aromatic heterocycles. The summed E-state index contributed by atoms with van der Waals surface area (Å²) >= 11 is 5.78. The smallest absolute Gasteiger partial charge is 0.251 e. The molecule has 104 valence electrons. The normalized spacial score (nSPS) is 19.6. The first-order chi connectivity index (χ1) is 9.08. The quantitative estimate of drug-likeness (QED) is 0.891. The molecule has 2 N–H and O–H groups in total. The fourth-order valence-corrected chi connectivity index (χ4v) is 2.63. The lowest BCUT2D eigenvalue weighted by atomic mass is 10.1. The Morgan fingerprint density at radius 2 is 2.37 bits per heavy atom. The second-order valence-electron chi connectivity index (χ2n) is 4.99. The zero-order chi connectivity index (χ0) is 13.8. The van der Waals surface area contributed by atoms with E-state index < -0.39 is 0 Å². The van der Waals surface area contributed by atoms with Gasteiger partial charge in [0.15, 0.2) is 0 Å². The predicted molar refractivity (Wildman–Crippen MR) is 75.7 cm³/mol. The molecule has 19 heavy (non-hydrogen) atoms. The first-order valence-corrected chi connectivity index (χ1v) is 6.92. The zero-order valence-electron chi connectivity index (χ0n) is 11.0. The zero-order valence-corrected chi connectivity index (χ0v) is 11.8. The number of likely N-dealkylation sites (tertiary alicyclic amines) is 1. The molecule has 0 bridgehead atoms. The number of hydrogen-bond acceptors (Lipinski definition) is 3. The summed E-state index contributed by atoms with van der Waals surface area (Å²) in [6, 6.07) is 5.05. The maximum Gasteiger partial charge on any atom is 0.251 e. The molecule has 1 aromatic carbocycles. The van der Waals surface area contributed by atoms with Crippen LogP contribution in [0.2, 0.25) is 5.02 Å². The van der Waals surface area contributed by atoms with E-state index in [9.17, 15) is 9.90 Å². The summed E-state index contributed by atoms with van der Waals surface area (Å²) < 4.78 is 0. The van der Waals surface area contributed by atoms with Crippen LogP contribution in [0.25, 0.3) is 0 Å². The summed E-state index contributed by atoms with van der Waals surface area (Å²) in [6.07, 6.45) is 3.41. The number of nitrogens with one attached hydrogen (secondary N) is 1. The van der Waals surface area contributed by atoms with Crippen molar-refractivity contribution in [3.63, 3.8) is 0 Å². The van der Waals surface area contributed by atoms with Gasteiger partial charge in [0.25, 0.3) is 5.91 Å². The van der Waals surface area contributed by atoms with Crippen LogP contribution in [-0.2, 0) is 0 Å². The minimum absolute atomic E-state index is 0.00852. The van der Waals surface area contributed by atoms with Gasteiger partial charge in [0.2, 0.25) is 0 Å². The maximum atomic E-state index is 11.9. The van der Waals surface area contributed by atoms with E-state index in [-0.39, 0.29) is 16.7 Å². The van der Waals surface area contributed by atoms with Crippen molar-refractivity contribution < 1.29 is 9.90 Å². The number of phenols is 1. The third-order valence-electron chi connectivity index (χ3n) is 3.64. The van der Waals surface area contributed by atoms with E-state index >= 15 is 0 Å². The van der Waals surface area contributed by atoms with Crippen LogP contribution in [-0.4, -0.2) is 42.1 Å². The molecule has 1 aliphatic rings. The highest BCUT2D eigenvalue weighted by Crippen LogP contribution is 2.23. The molecule has 1 fully saturated rings. The lowest BCUT2D eigenvalue weighted by Gasteiger charge is -2.19. The fraction of sp³-hybridized carbons (Fsp3) is 0.500. The SMILES string of the molecule is CN1CCC[C@@H]1CCNC(=O)c1ccc(O)c(Cl)c1. The van der Waals surface area contributed by atoms with E-state index in [0.717, 1.165) is 13.0 Å². The number of aromatic hydroxyl groups is 1. The van der Waals surface area contributed by atoms with E-state index in [2.05, 4.69) is 17.3 Å². The van der Waals surface area contributed by atoms with E-state index in [1.807, 2.05) is 0 Å². The molecule has 0 saturated carbocycles. The van der Waals surface area contributed by atoms with Gasteiger partial charge in [0.1, 0.15) is 5.75 Å². The topological polar surface area (TPSA) is 52.6 Å². The molecule has 5 heteroatoms. The van der Waals surface area contributed by atoms with Gasteiger partial charge in [-0.05, 0) is 51.1 Å². The summed E-state index contributed by atoms with van der Waals surface area (Å²) in [4.78, 5) is 14.2. The second kappa shape index (κ2) is 6.26. The Balaban J connectivity index is 1.82. The van der Waals surface area contributed by atoms with Crippen LogP contribution in [0.15, 0.2) is 18.2 Å². The third kappa shape index (κ3) is 3.61. The highest BCUT2D eigenvalue weighted by Gasteiger charge is 2.20. The van der Waals surface area contributed by atoms with E-state index in [4.69, 9.17) is 11.6 Å². The summed E-state index contributed by atoms with van der Waals surface area (Å²) in [5.41, 5.74) is 0.475. The van der Waals surface area contributed by atoms with Crippen LogP contribution >= 0.6 is 11.6 Å². The minimum Gasteiger partial charge on any atom is -0.506 e. The molecule has 1 saturated heterocycles. The van der Waals surface area contributed by atoms with Gasteiger partial charge in [-0.25, -0.2) is 0 Å². The number of hydrogen-bond donors (Lipinski definition) is 2. The Hall–Kier alpha value is -1.26. The van der Waals surface area contributed by atoms with Gasteiger partial charge < -0.3 is 15.3 Å². The van der Waals surface area contributed by atoms with Crippen LogP contribution in [0.4, 0.5) is 0 Å². The molecule has 0 aliphatic carbocycles. The van der Waals surface area contributed by atoms with E-state index in [1.54, 1.807) is 6.07 Å². The van der Waals surface area contributed by atoms with Crippen LogP contribution in [0.1, 0.15) is 29.6 Å². The van der Waals surface area contributed by atoms with Crippen LogP contribution in [0.5, 0.6) is 5.75 Å². The monoisotopic (exact) mass is 282 g/mol. The van der Waals surface area contributed by atoms with Crippen molar-refractivity contribution in [1.29, 1.82) is 0 Å². The van der Waals surface area contributed by atoms with Gasteiger partial charge >= 0.3 is 0 Å². The highest BCUT2D eigenvalue weighted by molar-refractivity contribution is 6.32. The molecule has 2 rings (SSSR count). The number of benzene rings is 1. The van der Waals surface area contributed by atoms with Gasteiger partial charge in [-0.2, -0.15) is 0 Å². The number of carbonyl (C=O) groups is 1. The molecule has 1 aliphatic heterocycles. The molecular weight excluding hydrogens is 264 g/mol. The predicted octanol–water partition coefficient (Wildman–Crippen LogP) is 2.26. The molecule has 4 nitrogen and oxygen atoms in total. The van der Waals surface area contributed by atoms with Gasteiger partial charge in [0.05, 0.1) is 5.02 Å². The summed E-state index contributed by atoms with van der Waals surface area (Å²) in [5.74, 6) is -0.159. The fourth-order valence-electron chi connectivity index (χ4n) is 2.45. The number of halogens is 1.